The number of nitrogens with zero attached hydrogens (tertiary/aromatic N) is 1. The van der Waals surface area contributed by atoms with Gasteiger partial charge >= 0.3 is 0 Å². The maximum absolute atomic E-state index is 11.7. The van der Waals surface area contributed by atoms with E-state index in [-0.39, 0.29) is 12.0 Å². The van der Waals surface area contributed by atoms with E-state index in [1.807, 2.05) is 19.2 Å². The van der Waals surface area contributed by atoms with Gasteiger partial charge < -0.3 is 15.7 Å². The molecule has 1 aliphatic heterocycles. The highest BCUT2D eigenvalue weighted by molar-refractivity contribution is 5.76. The maximum atomic E-state index is 11.7. The van der Waals surface area contributed by atoms with Gasteiger partial charge in [0, 0.05) is 39.1 Å². The fourth-order valence-corrected chi connectivity index (χ4v) is 2.72. The first-order chi connectivity index (χ1) is 10.7. The van der Waals surface area contributed by atoms with Gasteiger partial charge in [0.15, 0.2) is 0 Å². The van der Waals surface area contributed by atoms with E-state index in [1.54, 1.807) is 0 Å². The van der Waals surface area contributed by atoms with Gasteiger partial charge in [0.05, 0.1) is 6.10 Å². The first-order valence-corrected chi connectivity index (χ1v) is 8.07. The lowest BCUT2D eigenvalue weighted by Crippen LogP contribution is -2.35. The molecule has 122 valence electrons. The van der Waals surface area contributed by atoms with Crippen LogP contribution in [-0.2, 0) is 17.9 Å². The summed E-state index contributed by atoms with van der Waals surface area (Å²) in [6, 6.07) is 8.26. The molecular weight excluding hydrogens is 278 g/mol. The summed E-state index contributed by atoms with van der Waals surface area (Å²) in [6.45, 7) is 4.03. The van der Waals surface area contributed by atoms with Crippen molar-refractivity contribution in [1.82, 2.24) is 15.5 Å². The van der Waals surface area contributed by atoms with Crippen LogP contribution in [0.2, 0.25) is 0 Å². The first kappa shape index (κ1) is 16.9. The number of hydrogen-bond donors (Lipinski definition) is 3. The number of likely N-dealkylation sites (tertiary alicyclic amines) is 1. The van der Waals surface area contributed by atoms with Crippen molar-refractivity contribution in [3.05, 3.63) is 35.4 Å². The molecule has 0 aromatic heterocycles. The third-order valence-corrected chi connectivity index (χ3v) is 4.15. The zero-order valence-electron chi connectivity index (χ0n) is 13.3. The van der Waals surface area contributed by atoms with Crippen LogP contribution in [0.15, 0.2) is 24.3 Å². The van der Waals surface area contributed by atoms with Crippen molar-refractivity contribution in [1.29, 1.82) is 0 Å². The Morgan fingerprint density at radius 3 is 2.64 bits per heavy atom. The Balaban J connectivity index is 1.88. The number of nitrogens with one attached hydrogen (secondary N) is 2. The van der Waals surface area contributed by atoms with Crippen LogP contribution in [0.25, 0.3) is 0 Å². The van der Waals surface area contributed by atoms with Crippen molar-refractivity contribution in [3.63, 3.8) is 0 Å². The van der Waals surface area contributed by atoms with Gasteiger partial charge in [-0.05, 0) is 31.0 Å². The molecule has 5 nitrogen and oxygen atoms in total. The molecule has 5 heteroatoms. The monoisotopic (exact) mass is 305 g/mol. The summed E-state index contributed by atoms with van der Waals surface area (Å²) >= 11 is 0. The summed E-state index contributed by atoms with van der Waals surface area (Å²) in [4.78, 5) is 14.1. The minimum atomic E-state index is -0.141. The predicted octanol–water partition coefficient (Wildman–Crippen LogP) is 0.869. The lowest BCUT2D eigenvalue weighted by Gasteiger charge is -2.30. The molecule has 1 heterocycles. The SMILES string of the molecule is CNCCC(=O)NCc1ccccc1CN1CCC(O)CC1. The molecule has 1 aromatic carbocycles. The average Bonchev–Trinajstić information content (AvgIpc) is 2.54. The van der Waals surface area contributed by atoms with Crippen LogP contribution in [0.4, 0.5) is 0 Å². The Hall–Kier alpha value is -1.43. The molecule has 1 fully saturated rings. The number of rotatable bonds is 7. The highest BCUT2D eigenvalue weighted by Crippen LogP contribution is 2.16. The van der Waals surface area contributed by atoms with Crippen LogP contribution < -0.4 is 10.6 Å². The van der Waals surface area contributed by atoms with Gasteiger partial charge in [-0.15, -0.1) is 0 Å². The molecule has 0 radical (unpaired) electrons. The number of carbonyl (C=O) groups is 1. The third kappa shape index (κ3) is 5.40. The molecule has 0 bridgehead atoms. The molecule has 1 aromatic rings. The molecule has 22 heavy (non-hydrogen) atoms. The molecule has 0 spiro atoms. The van der Waals surface area contributed by atoms with E-state index in [9.17, 15) is 9.90 Å². The number of carbonyl (C=O) groups excluding carboxylic acids is 1. The van der Waals surface area contributed by atoms with Crippen LogP contribution in [0.1, 0.15) is 30.4 Å². The second-order valence-corrected chi connectivity index (χ2v) is 5.91. The van der Waals surface area contributed by atoms with Crippen molar-refractivity contribution in [2.75, 3.05) is 26.7 Å². The standard InChI is InChI=1S/C17H27N3O2/c1-18-9-6-17(22)19-12-14-4-2-3-5-15(14)13-20-10-7-16(21)8-11-20/h2-5,16,18,21H,6-13H2,1H3,(H,19,22). The molecule has 3 N–H and O–H groups in total. The molecule has 1 aliphatic rings. The molecule has 0 unspecified atom stereocenters. The summed E-state index contributed by atoms with van der Waals surface area (Å²) in [5, 5.41) is 15.5. The van der Waals surface area contributed by atoms with Gasteiger partial charge in [0.2, 0.25) is 5.91 Å². The minimum absolute atomic E-state index is 0.0743. The Morgan fingerprint density at radius 2 is 1.95 bits per heavy atom. The predicted molar refractivity (Wildman–Crippen MR) is 87.4 cm³/mol. The molecule has 1 amide bonds. The van der Waals surface area contributed by atoms with Crippen molar-refractivity contribution < 1.29 is 9.90 Å². The number of benzene rings is 1. The maximum Gasteiger partial charge on any atom is 0.221 e. The highest BCUT2D eigenvalue weighted by Gasteiger charge is 2.17. The summed E-state index contributed by atoms with van der Waals surface area (Å²) < 4.78 is 0. The number of amides is 1. The van der Waals surface area contributed by atoms with E-state index in [4.69, 9.17) is 0 Å². The quantitative estimate of drug-likeness (QED) is 0.699. The van der Waals surface area contributed by atoms with Crippen molar-refractivity contribution in [2.24, 2.45) is 0 Å². The van der Waals surface area contributed by atoms with E-state index in [0.717, 1.165) is 32.5 Å². The summed E-state index contributed by atoms with van der Waals surface area (Å²) in [5.41, 5.74) is 2.43. The van der Waals surface area contributed by atoms with Gasteiger partial charge in [0.25, 0.3) is 0 Å². The van der Waals surface area contributed by atoms with Gasteiger partial charge in [-0.1, -0.05) is 24.3 Å². The second kappa shape index (κ2) is 8.88. The molecule has 2 rings (SSSR count). The van der Waals surface area contributed by atoms with Gasteiger partial charge in [0.1, 0.15) is 0 Å². The molecular formula is C17H27N3O2. The Morgan fingerprint density at radius 1 is 1.27 bits per heavy atom. The van der Waals surface area contributed by atoms with E-state index >= 15 is 0 Å². The minimum Gasteiger partial charge on any atom is -0.393 e. The van der Waals surface area contributed by atoms with Crippen molar-refractivity contribution in [3.8, 4) is 0 Å². The van der Waals surface area contributed by atoms with Gasteiger partial charge in [-0.2, -0.15) is 0 Å². The normalized spacial score (nSPS) is 16.6. The highest BCUT2D eigenvalue weighted by atomic mass is 16.3. The lowest BCUT2D eigenvalue weighted by atomic mass is 10.0. The smallest absolute Gasteiger partial charge is 0.221 e. The lowest BCUT2D eigenvalue weighted by molar-refractivity contribution is -0.121. The molecule has 0 aliphatic carbocycles. The molecule has 0 atom stereocenters. The van der Waals surface area contributed by atoms with E-state index in [0.29, 0.717) is 19.5 Å². The fraction of sp³-hybridized carbons (Fsp3) is 0.588. The zero-order chi connectivity index (χ0) is 15.8. The second-order valence-electron chi connectivity index (χ2n) is 5.91. The summed E-state index contributed by atoms with van der Waals surface area (Å²) in [6.07, 6.45) is 2.06. The Labute approximate surface area is 132 Å². The van der Waals surface area contributed by atoms with E-state index < -0.39 is 0 Å². The number of aliphatic hydroxyl groups is 1. The Kier molecular flexibility index (Phi) is 6.83. The number of hydrogen-bond acceptors (Lipinski definition) is 4. The first-order valence-electron chi connectivity index (χ1n) is 8.07. The fourth-order valence-electron chi connectivity index (χ4n) is 2.72. The van der Waals surface area contributed by atoms with Gasteiger partial charge in [-0.3, -0.25) is 9.69 Å². The molecule has 1 saturated heterocycles. The molecule has 0 saturated carbocycles. The zero-order valence-corrected chi connectivity index (χ0v) is 13.3. The van der Waals surface area contributed by atoms with Crippen LogP contribution in [0, 0.1) is 0 Å². The van der Waals surface area contributed by atoms with Crippen molar-refractivity contribution in [2.45, 2.75) is 38.5 Å². The van der Waals surface area contributed by atoms with E-state index in [2.05, 4.69) is 27.7 Å². The summed E-state index contributed by atoms with van der Waals surface area (Å²) in [7, 11) is 1.85. The third-order valence-electron chi connectivity index (χ3n) is 4.15. The van der Waals surface area contributed by atoms with E-state index in [1.165, 1.54) is 11.1 Å². The summed E-state index contributed by atoms with van der Waals surface area (Å²) in [5.74, 6) is 0.0743. The van der Waals surface area contributed by atoms with Crippen LogP contribution in [0.3, 0.4) is 0 Å². The van der Waals surface area contributed by atoms with Crippen LogP contribution >= 0.6 is 0 Å². The van der Waals surface area contributed by atoms with Gasteiger partial charge in [-0.25, -0.2) is 0 Å². The number of piperidine rings is 1. The average molecular weight is 305 g/mol. The van der Waals surface area contributed by atoms with Crippen LogP contribution in [-0.4, -0.2) is 48.7 Å². The van der Waals surface area contributed by atoms with Crippen LogP contribution in [0.5, 0.6) is 0 Å². The number of aliphatic hydroxyl groups excluding tert-OH is 1. The topological polar surface area (TPSA) is 64.6 Å². The van der Waals surface area contributed by atoms with Crippen molar-refractivity contribution >= 4 is 5.91 Å². The largest absolute Gasteiger partial charge is 0.393 e. The Bertz CT molecular complexity index is 471.